The summed E-state index contributed by atoms with van der Waals surface area (Å²) in [5.41, 5.74) is 1.95. The lowest BCUT2D eigenvalue weighted by Crippen LogP contribution is -2.22. The molecule has 0 fully saturated rings. The van der Waals surface area contributed by atoms with E-state index in [2.05, 4.69) is 10.5 Å². The molecule has 1 N–H and O–H groups in total. The third-order valence-corrected chi connectivity index (χ3v) is 2.68. The third kappa shape index (κ3) is 2.97. The minimum atomic E-state index is 0.0534. The number of amides is 1. The highest BCUT2D eigenvalue weighted by Crippen LogP contribution is 2.23. The summed E-state index contributed by atoms with van der Waals surface area (Å²) in [5.74, 6) is 0.803. The molecular formula is C14H16N2O2. The Bertz CT molecular complexity index is 506. The van der Waals surface area contributed by atoms with Crippen LogP contribution in [-0.2, 0) is 11.2 Å². The SMILES string of the molecule is CCNC(=O)CCc1cnoc1-c1ccccc1. The average Bonchev–Trinajstić information content (AvgIpc) is 2.86. The third-order valence-electron chi connectivity index (χ3n) is 2.68. The van der Waals surface area contributed by atoms with Gasteiger partial charge in [0.1, 0.15) is 0 Å². The summed E-state index contributed by atoms with van der Waals surface area (Å²) in [5, 5.41) is 6.59. The van der Waals surface area contributed by atoms with Crippen LogP contribution < -0.4 is 5.32 Å². The molecule has 1 amide bonds. The van der Waals surface area contributed by atoms with Crippen molar-refractivity contribution in [2.75, 3.05) is 6.54 Å². The van der Waals surface area contributed by atoms with Crippen molar-refractivity contribution in [2.24, 2.45) is 0 Å². The lowest BCUT2D eigenvalue weighted by Gasteiger charge is -2.02. The predicted molar refractivity (Wildman–Crippen MR) is 68.9 cm³/mol. The van der Waals surface area contributed by atoms with Crippen LogP contribution in [-0.4, -0.2) is 17.6 Å². The molecule has 0 bridgehead atoms. The molecule has 1 heterocycles. The first kappa shape index (κ1) is 12.4. The van der Waals surface area contributed by atoms with Gasteiger partial charge in [-0.05, 0) is 13.3 Å². The van der Waals surface area contributed by atoms with Crippen molar-refractivity contribution in [3.05, 3.63) is 42.1 Å². The summed E-state index contributed by atoms with van der Waals surface area (Å²) >= 11 is 0. The summed E-state index contributed by atoms with van der Waals surface area (Å²) in [6.07, 6.45) is 2.77. The van der Waals surface area contributed by atoms with E-state index >= 15 is 0 Å². The van der Waals surface area contributed by atoms with Crippen LogP contribution in [0.25, 0.3) is 11.3 Å². The Balaban J connectivity index is 2.07. The molecule has 0 radical (unpaired) electrons. The Morgan fingerprint density at radius 1 is 1.33 bits per heavy atom. The van der Waals surface area contributed by atoms with Gasteiger partial charge in [-0.2, -0.15) is 0 Å². The number of rotatable bonds is 5. The number of carbonyl (C=O) groups is 1. The first-order valence-corrected chi connectivity index (χ1v) is 6.07. The van der Waals surface area contributed by atoms with Crippen molar-refractivity contribution < 1.29 is 9.32 Å². The largest absolute Gasteiger partial charge is 0.356 e. The summed E-state index contributed by atoms with van der Waals surface area (Å²) in [7, 11) is 0. The topological polar surface area (TPSA) is 55.1 Å². The number of hydrogen-bond acceptors (Lipinski definition) is 3. The monoisotopic (exact) mass is 244 g/mol. The van der Waals surface area contributed by atoms with Crippen LogP contribution in [0.1, 0.15) is 18.9 Å². The van der Waals surface area contributed by atoms with Crippen LogP contribution in [0.3, 0.4) is 0 Å². The first-order chi connectivity index (χ1) is 8.81. The molecule has 94 valence electrons. The molecule has 0 spiro atoms. The Hall–Kier alpha value is -2.10. The number of benzene rings is 1. The van der Waals surface area contributed by atoms with Gasteiger partial charge in [0.2, 0.25) is 5.91 Å². The van der Waals surface area contributed by atoms with E-state index in [1.54, 1.807) is 6.20 Å². The molecule has 0 unspecified atom stereocenters. The average molecular weight is 244 g/mol. The fraction of sp³-hybridized carbons (Fsp3) is 0.286. The number of nitrogens with zero attached hydrogens (tertiary/aromatic N) is 1. The van der Waals surface area contributed by atoms with Crippen molar-refractivity contribution in [3.63, 3.8) is 0 Å². The predicted octanol–water partition coefficient (Wildman–Crippen LogP) is 2.41. The Morgan fingerprint density at radius 3 is 2.83 bits per heavy atom. The van der Waals surface area contributed by atoms with Crippen LogP contribution in [0.4, 0.5) is 0 Å². The highest BCUT2D eigenvalue weighted by Gasteiger charge is 2.11. The lowest BCUT2D eigenvalue weighted by atomic mass is 10.1. The highest BCUT2D eigenvalue weighted by atomic mass is 16.5. The van der Waals surface area contributed by atoms with Gasteiger partial charge >= 0.3 is 0 Å². The van der Waals surface area contributed by atoms with Gasteiger partial charge < -0.3 is 9.84 Å². The van der Waals surface area contributed by atoms with Crippen LogP contribution in [0.2, 0.25) is 0 Å². The maximum Gasteiger partial charge on any atom is 0.220 e. The Labute approximate surface area is 106 Å². The van der Waals surface area contributed by atoms with Gasteiger partial charge in [-0.15, -0.1) is 0 Å². The number of carbonyl (C=O) groups excluding carboxylic acids is 1. The maximum atomic E-state index is 11.4. The van der Waals surface area contributed by atoms with Gasteiger partial charge in [0.25, 0.3) is 0 Å². The van der Waals surface area contributed by atoms with Crippen molar-refractivity contribution in [1.29, 1.82) is 0 Å². The van der Waals surface area contributed by atoms with Crippen LogP contribution in [0.15, 0.2) is 41.1 Å². The zero-order valence-electron chi connectivity index (χ0n) is 10.3. The van der Waals surface area contributed by atoms with Crippen molar-refractivity contribution in [3.8, 4) is 11.3 Å². The second-order valence-electron chi connectivity index (χ2n) is 4.00. The van der Waals surface area contributed by atoms with Crippen molar-refractivity contribution in [2.45, 2.75) is 19.8 Å². The second kappa shape index (κ2) is 6.00. The first-order valence-electron chi connectivity index (χ1n) is 6.07. The van der Waals surface area contributed by atoms with Gasteiger partial charge in [-0.25, -0.2) is 0 Å². The molecule has 0 aliphatic rings. The van der Waals surface area contributed by atoms with E-state index in [0.29, 0.717) is 19.4 Å². The second-order valence-corrected chi connectivity index (χ2v) is 4.00. The molecule has 0 saturated carbocycles. The fourth-order valence-electron chi connectivity index (χ4n) is 1.80. The number of nitrogens with one attached hydrogen (secondary N) is 1. The molecule has 0 aliphatic carbocycles. The lowest BCUT2D eigenvalue weighted by molar-refractivity contribution is -0.120. The standard InChI is InChI=1S/C14H16N2O2/c1-2-15-13(17)9-8-12-10-16-18-14(12)11-6-4-3-5-7-11/h3-7,10H,2,8-9H2,1H3,(H,15,17). The normalized spacial score (nSPS) is 10.3. The minimum Gasteiger partial charge on any atom is -0.356 e. The fourth-order valence-corrected chi connectivity index (χ4v) is 1.80. The molecule has 0 aliphatic heterocycles. The van der Waals surface area contributed by atoms with E-state index < -0.39 is 0 Å². The van der Waals surface area contributed by atoms with E-state index in [4.69, 9.17) is 4.52 Å². The van der Waals surface area contributed by atoms with Gasteiger partial charge in [0.05, 0.1) is 6.20 Å². The van der Waals surface area contributed by atoms with Crippen molar-refractivity contribution in [1.82, 2.24) is 10.5 Å². The molecule has 4 nitrogen and oxygen atoms in total. The zero-order valence-corrected chi connectivity index (χ0v) is 10.3. The Kier molecular flexibility index (Phi) is 4.12. The summed E-state index contributed by atoms with van der Waals surface area (Å²) < 4.78 is 5.26. The van der Waals surface area contributed by atoms with Gasteiger partial charge in [0, 0.05) is 24.1 Å². The minimum absolute atomic E-state index is 0.0534. The van der Waals surface area contributed by atoms with Gasteiger partial charge in [-0.3, -0.25) is 4.79 Å². The highest BCUT2D eigenvalue weighted by molar-refractivity contribution is 5.76. The van der Waals surface area contributed by atoms with E-state index in [1.165, 1.54) is 0 Å². The molecule has 18 heavy (non-hydrogen) atoms. The van der Waals surface area contributed by atoms with Crippen LogP contribution in [0.5, 0.6) is 0 Å². The van der Waals surface area contributed by atoms with E-state index in [-0.39, 0.29) is 5.91 Å². The van der Waals surface area contributed by atoms with Crippen LogP contribution in [0, 0.1) is 0 Å². The Morgan fingerprint density at radius 2 is 2.11 bits per heavy atom. The summed E-state index contributed by atoms with van der Waals surface area (Å²) in [4.78, 5) is 11.4. The van der Waals surface area contributed by atoms with Gasteiger partial charge in [-0.1, -0.05) is 35.5 Å². The molecule has 2 rings (SSSR count). The molecular weight excluding hydrogens is 228 g/mol. The van der Waals surface area contributed by atoms with Crippen molar-refractivity contribution >= 4 is 5.91 Å². The molecule has 0 atom stereocenters. The molecule has 0 saturated heterocycles. The van der Waals surface area contributed by atoms with Gasteiger partial charge in [0.15, 0.2) is 5.76 Å². The number of aromatic nitrogens is 1. The quantitative estimate of drug-likeness (QED) is 0.878. The summed E-state index contributed by atoms with van der Waals surface area (Å²) in [6.45, 7) is 2.57. The van der Waals surface area contributed by atoms with E-state index in [0.717, 1.165) is 16.9 Å². The molecule has 1 aromatic carbocycles. The molecule has 2 aromatic rings. The van der Waals surface area contributed by atoms with E-state index in [9.17, 15) is 4.79 Å². The zero-order chi connectivity index (χ0) is 12.8. The smallest absolute Gasteiger partial charge is 0.220 e. The molecule has 4 heteroatoms. The number of aryl methyl sites for hydroxylation is 1. The maximum absolute atomic E-state index is 11.4. The van der Waals surface area contributed by atoms with Crippen LogP contribution >= 0.6 is 0 Å². The van der Waals surface area contributed by atoms with E-state index in [1.807, 2.05) is 37.3 Å². The summed E-state index contributed by atoms with van der Waals surface area (Å²) in [6, 6.07) is 9.79. The number of hydrogen-bond donors (Lipinski definition) is 1. The molecule has 1 aromatic heterocycles.